The second-order valence-electron chi connectivity index (χ2n) is 6.81. The third-order valence-electron chi connectivity index (χ3n) is 4.31. The highest BCUT2D eigenvalue weighted by Crippen LogP contribution is 2.30. The van der Waals surface area contributed by atoms with E-state index in [9.17, 15) is 22.8 Å². The van der Waals surface area contributed by atoms with E-state index in [4.69, 9.17) is 14.8 Å². The van der Waals surface area contributed by atoms with Gasteiger partial charge in [0.15, 0.2) is 11.6 Å². The molecule has 0 aromatic heterocycles. The van der Waals surface area contributed by atoms with Gasteiger partial charge >= 0.3 is 0 Å². The standard InChI is InChI=1S/C21H22F3IN4O5/c1-11(20(31)26-2)10-34-27-9-12-7-14(21(32)29-33-6-5-30)19(18(24)17(12)23)28-16-4-3-13(25)8-15(16)22/h3-4,7-9,11,28,30H,5-6,10H2,1-2H3,(H,26,31)(H,29,32). The van der Waals surface area contributed by atoms with Gasteiger partial charge in [0, 0.05) is 16.2 Å². The molecule has 2 aromatic carbocycles. The van der Waals surface area contributed by atoms with Gasteiger partial charge in [0.1, 0.15) is 12.4 Å². The fraction of sp³-hybridized carbons (Fsp3) is 0.286. The van der Waals surface area contributed by atoms with Gasteiger partial charge < -0.3 is 20.6 Å². The summed E-state index contributed by atoms with van der Waals surface area (Å²) < 4.78 is 44.6. The van der Waals surface area contributed by atoms with Crippen LogP contribution in [0, 0.1) is 26.9 Å². The second kappa shape index (κ2) is 13.1. The molecule has 0 heterocycles. The van der Waals surface area contributed by atoms with Crippen molar-refractivity contribution in [2.24, 2.45) is 11.1 Å². The van der Waals surface area contributed by atoms with Gasteiger partial charge in [-0.2, -0.15) is 0 Å². The summed E-state index contributed by atoms with van der Waals surface area (Å²) in [7, 11) is 1.45. The van der Waals surface area contributed by atoms with E-state index < -0.39 is 52.7 Å². The highest BCUT2D eigenvalue weighted by Gasteiger charge is 2.23. The summed E-state index contributed by atoms with van der Waals surface area (Å²) >= 11 is 1.88. The van der Waals surface area contributed by atoms with Gasteiger partial charge in [-0.15, -0.1) is 0 Å². The van der Waals surface area contributed by atoms with E-state index >= 15 is 0 Å². The van der Waals surface area contributed by atoms with E-state index in [0.29, 0.717) is 3.57 Å². The molecule has 13 heteroatoms. The number of carbonyl (C=O) groups excluding carboxylic acids is 2. The Hall–Kier alpha value is -2.91. The van der Waals surface area contributed by atoms with Crippen LogP contribution < -0.4 is 16.1 Å². The van der Waals surface area contributed by atoms with Crippen molar-refractivity contribution in [1.82, 2.24) is 10.8 Å². The molecule has 0 bridgehead atoms. The summed E-state index contributed by atoms with van der Waals surface area (Å²) in [6, 6.07) is 4.95. The lowest BCUT2D eigenvalue weighted by Crippen LogP contribution is -2.28. The van der Waals surface area contributed by atoms with Crippen LogP contribution in [-0.2, 0) is 14.5 Å². The number of benzene rings is 2. The number of hydrogen-bond acceptors (Lipinski definition) is 7. The molecular weight excluding hydrogens is 572 g/mol. The SMILES string of the molecule is CNC(=O)C(C)CON=Cc1cc(C(=O)NOCCO)c(Nc2ccc(I)cc2F)c(F)c1F. The van der Waals surface area contributed by atoms with Gasteiger partial charge in [-0.05, 0) is 46.9 Å². The number of carbonyl (C=O) groups is 2. The van der Waals surface area contributed by atoms with Crippen molar-refractivity contribution in [3.63, 3.8) is 0 Å². The fourth-order valence-electron chi connectivity index (χ4n) is 2.55. The van der Waals surface area contributed by atoms with Gasteiger partial charge in [-0.3, -0.25) is 14.4 Å². The highest BCUT2D eigenvalue weighted by molar-refractivity contribution is 14.1. The molecule has 2 rings (SSSR count). The molecule has 0 saturated carbocycles. The Morgan fingerprint density at radius 3 is 2.62 bits per heavy atom. The van der Waals surface area contributed by atoms with Crippen molar-refractivity contribution in [3.05, 3.63) is 56.4 Å². The summed E-state index contributed by atoms with van der Waals surface area (Å²) in [5, 5.41) is 17.1. The zero-order valence-electron chi connectivity index (χ0n) is 18.1. The second-order valence-corrected chi connectivity index (χ2v) is 8.06. The monoisotopic (exact) mass is 594 g/mol. The molecule has 0 fully saturated rings. The Kier molecular flexibility index (Phi) is 10.5. The average molecular weight is 594 g/mol. The van der Waals surface area contributed by atoms with Gasteiger partial charge in [0.05, 0.1) is 42.3 Å². The van der Waals surface area contributed by atoms with Crippen LogP contribution in [0.2, 0.25) is 0 Å². The van der Waals surface area contributed by atoms with Crippen molar-refractivity contribution >= 4 is 52.0 Å². The summed E-state index contributed by atoms with van der Waals surface area (Å²) in [4.78, 5) is 33.7. The van der Waals surface area contributed by atoms with Crippen LogP contribution in [0.25, 0.3) is 0 Å². The lowest BCUT2D eigenvalue weighted by atomic mass is 10.1. The Morgan fingerprint density at radius 2 is 1.97 bits per heavy atom. The first-order valence-electron chi connectivity index (χ1n) is 9.83. The first-order chi connectivity index (χ1) is 16.2. The molecule has 1 atom stereocenters. The van der Waals surface area contributed by atoms with Crippen LogP contribution in [0.15, 0.2) is 29.4 Å². The number of halogens is 4. The smallest absolute Gasteiger partial charge is 0.277 e. The van der Waals surface area contributed by atoms with E-state index in [1.807, 2.05) is 28.1 Å². The maximum atomic E-state index is 15.0. The Morgan fingerprint density at radius 1 is 1.24 bits per heavy atom. The molecule has 0 saturated heterocycles. The molecule has 0 radical (unpaired) electrons. The van der Waals surface area contributed by atoms with Gasteiger partial charge in [-0.25, -0.2) is 18.7 Å². The van der Waals surface area contributed by atoms with Crippen molar-refractivity contribution in [3.8, 4) is 0 Å². The summed E-state index contributed by atoms with van der Waals surface area (Å²) in [5.41, 5.74) is 0.252. The van der Waals surface area contributed by atoms with Gasteiger partial charge in [0.25, 0.3) is 5.91 Å². The first kappa shape index (κ1) is 27.3. The van der Waals surface area contributed by atoms with Crippen LogP contribution in [0.1, 0.15) is 22.8 Å². The lowest BCUT2D eigenvalue weighted by molar-refractivity contribution is -0.125. The Balaban J connectivity index is 2.39. The quantitative estimate of drug-likeness (QED) is 0.138. The van der Waals surface area contributed by atoms with Crippen molar-refractivity contribution in [1.29, 1.82) is 0 Å². The van der Waals surface area contributed by atoms with Crippen molar-refractivity contribution in [2.75, 3.05) is 32.2 Å². The molecule has 34 heavy (non-hydrogen) atoms. The number of nitrogens with one attached hydrogen (secondary N) is 3. The topological polar surface area (TPSA) is 121 Å². The maximum absolute atomic E-state index is 15.0. The summed E-state index contributed by atoms with van der Waals surface area (Å²) in [6.45, 7) is 0.790. The average Bonchev–Trinajstić information content (AvgIpc) is 2.81. The third kappa shape index (κ3) is 7.30. The minimum atomic E-state index is -1.48. The molecule has 2 amide bonds. The molecule has 184 valence electrons. The molecule has 0 aliphatic heterocycles. The van der Waals surface area contributed by atoms with Crippen molar-refractivity contribution < 1.29 is 37.5 Å². The molecule has 4 N–H and O–H groups in total. The summed E-state index contributed by atoms with van der Waals surface area (Å²) in [6.07, 6.45) is 0.829. The number of nitrogens with zero attached hydrogens (tertiary/aromatic N) is 1. The van der Waals surface area contributed by atoms with Crippen LogP contribution >= 0.6 is 22.6 Å². The number of aliphatic hydroxyl groups excluding tert-OH is 1. The minimum Gasteiger partial charge on any atom is -0.395 e. The normalized spacial score (nSPS) is 11.9. The third-order valence-corrected chi connectivity index (χ3v) is 4.98. The van der Waals surface area contributed by atoms with E-state index in [1.54, 1.807) is 6.92 Å². The molecule has 0 aliphatic rings. The summed E-state index contributed by atoms with van der Waals surface area (Å²) in [5.74, 6) is -5.46. The number of oxime groups is 1. The number of hydrogen-bond donors (Lipinski definition) is 4. The predicted octanol–water partition coefficient (Wildman–Crippen LogP) is 2.84. The van der Waals surface area contributed by atoms with Crippen LogP contribution in [0.5, 0.6) is 0 Å². The van der Waals surface area contributed by atoms with E-state index in [-0.39, 0.29) is 24.8 Å². The number of amides is 2. The molecule has 9 nitrogen and oxygen atoms in total. The number of hydroxylamine groups is 1. The van der Waals surface area contributed by atoms with E-state index in [2.05, 4.69) is 15.8 Å². The number of anilines is 2. The molecule has 0 spiro atoms. The zero-order valence-corrected chi connectivity index (χ0v) is 20.3. The van der Waals surface area contributed by atoms with Crippen molar-refractivity contribution in [2.45, 2.75) is 6.92 Å². The predicted molar refractivity (Wildman–Crippen MR) is 126 cm³/mol. The van der Waals surface area contributed by atoms with Gasteiger partial charge in [0.2, 0.25) is 5.91 Å². The first-order valence-corrected chi connectivity index (χ1v) is 10.9. The van der Waals surface area contributed by atoms with Crippen LogP contribution in [0.3, 0.4) is 0 Å². The fourth-order valence-corrected chi connectivity index (χ4v) is 3.01. The number of aliphatic hydroxyl groups is 1. The lowest BCUT2D eigenvalue weighted by Gasteiger charge is -2.15. The maximum Gasteiger partial charge on any atom is 0.277 e. The Labute approximate surface area is 206 Å². The van der Waals surface area contributed by atoms with E-state index in [0.717, 1.165) is 12.3 Å². The molecule has 0 aliphatic carbocycles. The highest BCUT2D eigenvalue weighted by atomic mass is 127. The Bertz CT molecular complexity index is 1070. The van der Waals surface area contributed by atoms with Crippen LogP contribution in [0.4, 0.5) is 24.5 Å². The zero-order chi connectivity index (χ0) is 25.3. The van der Waals surface area contributed by atoms with Gasteiger partial charge in [-0.1, -0.05) is 12.1 Å². The van der Waals surface area contributed by atoms with Crippen LogP contribution in [-0.4, -0.2) is 50.0 Å². The molecule has 2 aromatic rings. The minimum absolute atomic E-state index is 0.131. The van der Waals surface area contributed by atoms with E-state index in [1.165, 1.54) is 25.2 Å². The molecular formula is C21H22F3IN4O5. The largest absolute Gasteiger partial charge is 0.395 e. The molecule has 1 unspecified atom stereocenters. The number of rotatable bonds is 11.